The second kappa shape index (κ2) is 4.31. The van der Waals surface area contributed by atoms with E-state index in [4.69, 9.17) is 13.9 Å². The van der Waals surface area contributed by atoms with Gasteiger partial charge in [0.25, 0.3) is 5.91 Å². The molecule has 3 rings (SSSR count). The Balaban J connectivity index is 1.90. The third-order valence-electron chi connectivity index (χ3n) is 3.00. The van der Waals surface area contributed by atoms with E-state index in [2.05, 4.69) is 4.98 Å². The van der Waals surface area contributed by atoms with Gasteiger partial charge < -0.3 is 18.8 Å². The number of nitrogens with zero attached hydrogens (tertiary/aromatic N) is 2. The van der Waals surface area contributed by atoms with E-state index in [0.717, 1.165) is 0 Å². The molecule has 0 atom stereocenters. The molecule has 0 unspecified atom stereocenters. The van der Waals surface area contributed by atoms with Crippen LogP contribution in [-0.2, 0) is 0 Å². The molecule has 0 radical (unpaired) electrons. The minimum Gasteiger partial charge on any atom is -0.454 e. The van der Waals surface area contributed by atoms with Gasteiger partial charge in [0.15, 0.2) is 23.6 Å². The number of oxazole rings is 1. The van der Waals surface area contributed by atoms with Crippen molar-refractivity contribution in [3.63, 3.8) is 0 Å². The van der Waals surface area contributed by atoms with Gasteiger partial charge in [-0.25, -0.2) is 4.98 Å². The van der Waals surface area contributed by atoms with Crippen LogP contribution in [0.1, 0.15) is 16.2 Å². The Morgan fingerprint density at radius 3 is 2.84 bits per heavy atom. The number of aryl methyl sites for hydroxylation is 1. The van der Waals surface area contributed by atoms with Gasteiger partial charge in [0.1, 0.15) is 5.76 Å². The van der Waals surface area contributed by atoms with Gasteiger partial charge in [-0.3, -0.25) is 4.79 Å². The van der Waals surface area contributed by atoms with E-state index in [1.54, 1.807) is 32.2 Å². The summed E-state index contributed by atoms with van der Waals surface area (Å²) in [6, 6.07) is 5.33. The molecule has 1 aromatic carbocycles. The zero-order valence-electron chi connectivity index (χ0n) is 10.5. The second-order valence-corrected chi connectivity index (χ2v) is 4.16. The summed E-state index contributed by atoms with van der Waals surface area (Å²) in [5.74, 6) is 1.58. The molecule has 1 aliphatic heterocycles. The number of hydrogen-bond acceptors (Lipinski definition) is 5. The zero-order valence-corrected chi connectivity index (χ0v) is 10.5. The summed E-state index contributed by atoms with van der Waals surface area (Å²) in [5, 5.41) is 0. The molecule has 1 aromatic heterocycles. The van der Waals surface area contributed by atoms with E-state index >= 15 is 0 Å². The second-order valence-electron chi connectivity index (χ2n) is 4.16. The fourth-order valence-corrected chi connectivity index (χ4v) is 1.88. The number of fused-ring (bicyclic) bond motifs is 1. The number of amides is 1. The maximum atomic E-state index is 12.3. The van der Waals surface area contributed by atoms with Crippen molar-refractivity contribution in [3.05, 3.63) is 36.0 Å². The zero-order chi connectivity index (χ0) is 13.4. The first kappa shape index (κ1) is 11.6. The van der Waals surface area contributed by atoms with E-state index in [9.17, 15) is 4.79 Å². The van der Waals surface area contributed by atoms with Gasteiger partial charge >= 0.3 is 0 Å². The molecule has 1 aliphatic rings. The minimum atomic E-state index is -0.231. The lowest BCUT2D eigenvalue weighted by Crippen LogP contribution is -2.27. The number of aromatic nitrogens is 1. The van der Waals surface area contributed by atoms with Crippen molar-refractivity contribution < 1.29 is 18.7 Å². The average Bonchev–Trinajstić information content (AvgIpc) is 3.04. The topological polar surface area (TPSA) is 64.8 Å². The smallest absolute Gasteiger partial charge is 0.280 e. The molecule has 0 fully saturated rings. The van der Waals surface area contributed by atoms with Crippen LogP contribution in [0, 0.1) is 6.92 Å². The van der Waals surface area contributed by atoms with Gasteiger partial charge in [-0.1, -0.05) is 0 Å². The van der Waals surface area contributed by atoms with Crippen molar-refractivity contribution in [1.29, 1.82) is 0 Å². The molecular formula is C13H12N2O4. The Bertz CT molecular complexity index is 635. The fraction of sp³-hybridized carbons (Fsp3) is 0.231. The maximum Gasteiger partial charge on any atom is 0.280 e. The van der Waals surface area contributed by atoms with Gasteiger partial charge in [-0.15, -0.1) is 0 Å². The van der Waals surface area contributed by atoms with Crippen molar-refractivity contribution in [3.8, 4) is 11.5 Å². The number of carbonyl (C=O) groups is 1. The molecular weight excluding hydrogens is 248 g/mol. The Hall–Kier alpha value is -2.50. The van der Waals surface area contributed by atoms with Crippen molar-refractivity contribution in [2.75, 3.05) is 18.7 Å². The minimum absolute atomic E-state index is 0.207. The summed E-state index contributed by atoms with van der Waals surface area (Å²) >= 11 is 0. The Labute approximate surface area is 109 Å². The number of carbonyl (C=O) groups excluding carboxylic acids is 1. The molecule has 6 heteroatoms. The summed E-state index contributed by atoms with van der Waals surface area (Å²) in [5.41, 5.74) is 1.01. The molecule has 2 aromatic rings. The first-order valence-electron chi connectivity index (χ1n) is 5.74. The summed E-state index contributed by atoms with van der Waals surface area (Å²) in [7, 11) is 1.67. The van der Waals surface area contributed by atoms with Crippen LogP contribution < -0.4 is 14.4 Å². The summed E-state index contributed by atoms with van der Waals surface area (Å²) in [6.45, 7) is 1.91. The molecule has 6 nitrogen and oxygen atoms in total. The quantitative estimate of drug-likeness (QED) is 0.826. The SMILES string of the molecule is Cc1ocnc1C(=O)N(C)c1ccc2c(c1)OCO2. The molecule has 0 saturated heterocycles. The lowest BCUT2D eigenvalue weighted by Gasteiger charge is -2.16. The van der Waals surface area contributed by atoms with E-state index < -0.39 is 0 Å². The third kappa shape index (κ3) is 1.91. The molecule has 1 amide bonds. The highest BCUT2D eigenvalue weighted by Gasteiger charge is 2.21. The van der Waals surface area contributed by atoms with Crippen LogP contribution in [0.5, 0.6) is 11.5 Å². The van der Waals surface area contributed by atoms with Crippen LogP contribution in [0.2, 0.25) is 0 Å². The molecule has 0 aliphatic carbocycles. The monoisotopic (exact) mass is 260 g/mol. The number of ether oxygens (including phenoxy) is 2. The van der Waals surface area contributed by atoms with E-state index in [1.165, 1.54) is 11.3 Å². The van der Waals surface area contributed by atoms with Crippen molar-refractivity contribution in [2.24, 2.45) is 0 Å². The fourth-order valence-electron chi connectivity index (χ4n) is 1.88. The average molecular weight is 260 g/mol. The van der Waals surface area contributed by atoms with Crippen LogP contribution in [0.4, 0.5) is 5.69 Å². The standard InChI is InChI=1S/C13H12N2O4/c1-8-12(14-6-17-8)13(16)15(2)9-3-4-10-11(5-9)19-7-18-10/h3-6H,7H2,1-2H3. The number of benzene rings is 1. The van der Waals surface area contributed by atoms with Gasteiger partial charge in [-0.2, -0.15) is 0 Å². The molecule has 0 N–H and O–H groups in total. The number of hydrogen-bond donors (Lipinski definition) is 0. The number of anilines is 1. The molecule has 98 valence electrons. The molecule has 0 bridgehead atoms. The van der Waals surface area contributed by atoms with Crippen molar-refractivity contribution >= 4 is 11.6 Å². The molecule has 0 saturated carbocycles. The van der Waals surface area contributed by atoms with Crippen LogP contribution in [0.3, 0.4) is 0 Å². The molecule has 2 heterocycles. The van der Waals surface area contributed by atoms with Crippen LogP contribution in [0.15, 0.2) is 29.0 Å². The van der Waals surface area contributed by atoms with Gasteiger partial charge in [0.2, 0.25) is 6.79 Å². The lowest BCUT2D eigenvalue weighted by atomic mass is 10.2. The predicted molar refractivity (Wildman–Crippen MR) is 66.5 cm³/mol. The van der Waals surface area contributed by atoms with E-state index in [1.807, 2.05) is 0 Å². The first-order valence-corrected chi connectivity index (χ1v) is 5.74. The van der Waals surface area contributed by atoms with Gasteiger partial charge in [0.05, 0.1) is 0 Å². The Morgan fingerprint density at radius 2 is 2.11 bits per heavy atom. The predicted octanol–water partition coefficient (Wildman–Crippen LogP) is 1.99. The lowest BCUT2D eigenvalue weighted by molar-refractivity contribution is 0.0987. The van der Waals surface area contributed by atoms with Crippen molar-refractivity contribution in [2.45, 2.75) is 6.92 Å². The third-order valence-corrected chi connectivity index (χ3v) is 3.00. The Kier molecular flexibility index (Phi) is 2.63. The van der Waals surface area contributed by atoms with Crippen LogP contribution in [0.25, 0.3) is 0 Å². The maximum absolute atomic E-state index is 12.3. The van der Waals surface area contributed by atoms with Gasteiger partial charge in [-0.05, 0) is 19.1 Å². The van der Waals surface area contributed by atoms with Crippen LogP contribution in [-0.4, -0.2) is 24.7 Å². The van der Waals surface area contributed by atoms with Gasteiger partial charge in [0, 0.05) is 18.8 Å². The summed E-state index contributed by atoms with van der Waals surface area (Å²) in [6.07, 6.45) is 1.26. The van der Waals surface area contributed by atoms with E-state index in [0.29, 0.717) is 28.6 Å². The molecule has 19 heavy (non-hydrogen) atoms. The van der Waals surface area contributed by atoms with E-state index in [-0.39, 0.29) is 12.7 Å². The number of rotatable bonds is 2. The first-order chi connectivity index (χ1) is 9.16. The highest BCUT2D eigenvalue weighted by molar-refractivity contribution is 6.05. The highest BCUT2D eigenvalue weighted by atomic mass is 16.7. The summed E-state index contributed by atoms with van der Waals surface area (Å²) < 4.78 is 15.6. The largest absolute Gasteiger partial charge is 0.454 e. The van der Waals surface area contributed by atoms with Crippen LogP contribution >= 0.6 is 0 Å². The highest BCUT2D eigenvalue weighted by Crippen LogP contribution is 2.35. The summed E-state index contributed by atoms with van der Waals surface area (Å²) in [4.78, 5) is 17.7. The Morgan fingerprint density at radius 1 is 1.32 bits per heavy atom. The molecule has 0 spiro atoms. The van der Waals surface area contributed by atoms with Crippen molar-refractivity contribution in [1.82, 2.24) is 4.98 Å². The normalized spacial score (nSPS) is 12.5.